The van der Waals surface area contributed by atoms with Crippen molar-refractivity contribution in [3.8, 4) is 0 Å². The molecule has 1 nitrogen and oxygen atoms in total. The van der Waals surface area contributed by atoms with Crippen LogP contribution in [0.4, 0.5) is 0 Å². The number of ether oxygens (including phenoxy) is 1. The van der Waals surface area contributed by atoms with Gasteiger partial charge in [-0.15, -0.1) is 0 Å². The second kappa shape index (κ2) is 9.26. The summed E-state index contributed by atoms with van der Waals surface area (Å²) in [6, 6.07) is 0. The zero-order valence-electron chi connectivity index (χ0n) is 11.1. The molecule has 0 aromatic carbocycles. The Hall–Kier alpha value is -0.300. The molecule has 0 aromatic heterocycles. The van der Waals surface area contributed by atoms with Crippen LogP contribution in [0.2, 0.25) is 0 Å². The van der Waals surface area contributed by atoms with E-state index in [1.165, 1.54) is 5.57 Å². The summed E-state index contributed by atoms with van der Waals surface area (Å²) >= 11 is 0. The molecule has 0 saturated carbocycles. The first kappa shape index (κ1) is 16.1. The molecule has 1 rings (SSSR count). The first-order valence-corrected chi connectivity index (χ1v) is 5.95. The Kier molecular flexibility index (Phi) is 10.7. The largest absolute Gasteiger partial charge is 0.371 e. The third kappa shape index (κ3) is 5.43. The highest BCUT2D eigenvalue weighted by Crippen LogP contribution is 2.27. The van der Waals surface area contributed by atoms with Gasteiger partial charge >= 0.3 is 0 Å². The van der Waals surface area contributed by atoms with Gasteiger partial charge in [0.1, 0.15) is 0 Å². The normalized spacial score (nSPS) is 30.8. The Bertz CT molecular complexity index is 126. The van der Waals surface area contributed by atoms with E-state index in [4.69, 9.17) is 4.74 Å². The average molecular weight is 200 g/mol. The highest BCUT2D eigenvalue weighted by molar-refractivity contribution is 5.07. The van der Waals surface area contributed by atoms with Crippen molar-refractivity contribution < 1.29 is 4.74 Å². The molecular weight excluding hydrogens is 172 g/mol. The number of hydrogen-bond acceptors (Lipinski definition) is 1. The third-order valence-corrected chi connectivity index (χ3v) is 2.28. The maximum absolute atomic E-state index is 5.57. The first-order valence-electron chi connectivity index (χ1n) is 5.95. The molecule has 0 N–H and O–H groups in total. The van der Waals surface area contributed by atoms with Gasteiger partial charge < -0.3 is 4.74 Å². The highest BCUT2D eigenvalue weighted by Gasteiger charge is 2.24. The molecule has 3 atom stereocenters. The SMILES string of the molecule is C=C1C(C)CC(C)OC1C.CC.CC. The third-order valence-electron chi connectivity index (χ3n) is 2.28. The monoisotopic (exact) mass is 200 g/mol. The molecule has 1 saturated heterocycles. The predicted molar refractivity (Wildman–Crippen MR) is 65.6 cm³/mol. The zero-order valence-corrected chi connectivity index (χ0v) is 11.1. The Morgan fingerprint density at radius 3 is 1.86 bits per heavy atom. The van der Waals surface area contributed by atoms with Crippen LogP contribution in [-0.2, 0) is 4.74 Å². The van der Waals surface area contributed by atoms with Crippen molar-refractivity contribution in [3.63, 3.8) is 0 Å². The van der Waals surface area contributed by atoms with Crippen LogP contribution in [-0.4, -0.2) is 12.2 Å². The van der Waals surface area contributed by atoms with E-state index in [1.807, 2.05) is 27.7 Å². The van der Waals surface area contributed by atoms with Gasteiger partial charge in [-0.05, 0) is 31.8 Å². The molecule has 1 aliphatic heterocycles. The van der Waals surface area contributed by atoms with E-state index in [9.17, 15) is 0 Å². The predicted octanol–water partition coefficient (Wildman–Crippen LogP) is 4.43. The van der Waals surface area contributed by atoms with Crippen LogP contribution < -0.4 is 0 Å². The average Bonchev–Trinajstić information content (AvgIpc) is 2.20. The topological polar surface area (TPSA) is 9.23 Å². The molecule has 1 aliphatic rings. The molecule has 0 aromatic rings. The van der Waals surface area contributed by atoms with E-state index in [-0.39, 0.29) is 6.10 Å². The van der Waals surface area contributed by atoms with E-state index < -0.39 is 0 Å². The molecular formula is C13H28O. The summed E-state index contributed by atoms with van der Waals surface area (Å²) in [5.41, 5.74) is 1.25. The van der Waals surface area contributed by atoms with Crippen molar-refractivity contribution in [1.29, 1.82) is 0 Å². The first-order chi connectivity index (χ1) is 6.61. The van der Waals surface area contributed by atoms with Gasteiger partial charge in [0.25, 0.3) is 0 Å². The van der Waals surface area contributed by atoms with Crippen LogP contribution in [0.25, 0.3) is 0 Å². The van der Waals surface area contributed by atoms with E-state index in [0.29, 0.717) is 12.0 Å². The molecule has 0 spiro atoms. The fourth-order valence-electron chi connectivity index (χ4n) is 1.54. The Morgan fingerprint density at radius 2 is 1.50 bits per heavy atom. The summed E-state index contributed by atoms with van der Waals surface area (Å²) in [7, 11) is 0. The van der Waals surface area contributed by atoms with Gasteiger partial charge in [-0.3, -0.25) is 0 Å². The van der Waals surface area contributed by atoms with Gasteiger partial charge in [0.05, 0.1) is 12.2 Å². The molecule has 86 valence electrons. The van der Waals surface area contributed by atoms with Crippen molar-refractivity contribution in [3.05, 3.63) is 12.2 Å². The fraction of sp³-hybridized carbons (Fsp3) is 0.846. The summed E-state index contributed by atoms with van der Waals surface area (Å²) in [5.74, 6) is 0.638. The van der Waals surface area contributed by atoms with E-state index in [0.717, 1.165) is 6.42 Å². The second-order valence-electron chi connectivity index (χ2n) is 3.30. The highest BCUT2D eigenvalue weighted by atomic mass is 16.5. The van der Waals surface area contributed by atoms with Gasteiger partial charge in [-0.2, -0.15) is 0 Å². The second-order valence-corrected chi connectivity index (χ2v) is 3.30. The standard InChI is InChI=1S/C9H16O.2C2H6/c1-6-5-7(2)10-9(4)8(6)3;2*1-2/h6-7,9H,3,5H2,1-2,4H3;2*1-2H3. The lowest BCUT2D eigenvalue weighted by Gasteiger charge is -2.32. The minimum Gasteiger partial charge on any atom is -0.371 e. The lowest BCUT2D eigenvalue weighted by molar-refractivity contribution is -0.0123. The van der Waals surface area contributed by atoms with Crippen LogP contribution in [0, 0.1) is 5.92 Å². The molecule has 1 fully saturated rings. The Morgan fingerprint density at radius 1 is 1.07 bits per heavy atom. The van der Waals surface area contributed by atoms with Gasteiger partial charge in [0, 0.05) is 0 Å². The van der Waals surface area contributed by atoms with Crippen molar-refractivity contribution >= 4 is 0 Å². The molecule has 3 unspecified atom stereocenters. The van der Waals surface area contributed by atoms with E-state index in [1.54, 1.807) is 0 Å². The van der Waals surface area contributed by atoms with Crippen molar-refractivity contribution in [2.75, 3.05) is 0 Å². The molecule has 0 bridgehead atoms. The lowest BCUT2D eigenvalue weighted by atomic mass is 9.90. The van der Waals surface area contributed by atoms with Crippen LogP contribution in [0.15, 0.2) is 12.2 Å². The number of rotatable bonds is 0. The maximum Gasteiger partial charge on any atom is 0.0760 e. The van der Waals surface area contributed by atoms with Crippen molar-refractivity contribution in [2.45, 2.75) is 67.1 Å². The lowest BCUT2D eigenvalue weighted by Crippen LogP contribution is -2.29. The minimum absolute atomic E-state index is 0.263. The fourth-order valence-corrected chi connectivity index (χ4v) is 1.54. The van der Waals surface area contributed by atoms with Crippen LogP contribution in [0.5, 0.6) is 0 Å². The quantitative estimate of drug-likeness (QED) is 0.526. The summed E-state index contributed by atoms with van der Waals surface area (Å²) in [6.45, 7) is 18.4. The summed E-state index contributed by atoms with van der Waals surface area (Å²) in [5, 5.41) is 0. The number of hydrogen-bond donors (Lipinski definition) is 0. The van der Waals surface area contributed by atoms with Crippen LogP contribution in [0.1, 0.15) is 54.9 Å². The van der Waals surface area contributed by atoms with Crippen molar-refractivity contribution in [2.24, 2.45) is 5.92 Å². The molecule has 14 heavy (non-hydrogen) atoms. The van der Waals surface area contributed by atoms with Gasteiger partial charge in [-0.1, -0.05) is 41.2 Å². The molecule has 1 heterocycles. The van der Waals surface area contributed by atoms with Gasteiger partial charge in [-0.25, -0.2) is 0 Å². The Balaban J connectivity index is 0. The van der Waals surface area contributed by atoms with Crippen molar-refractivity contribution in [1.82, 2.24) is 0 Å². The smallest absolute Gasteiger partial charge is 0.0760 e. The Labute approximate surface area is 90.5 Å². The maximum atomic E-state index is 5.57. The zero-order chi connectivity index (χ0) is 11.7. The summed E-state index contributed by atoms with van der Waals surface area (Å²) in [6.07, 6.45) is 1.80. The van der Waals surface area contributed by atoms with Gasteiger partial charge in [0.2, 0.25) is 0 Å². The minimum atomic E-state index is 0.263. The summed E-state index contributed by atoms with van der Waals surface area (Å²) in [4.78, 5) is 0. The van der Waals surface area contributed by atoms with Crippen LogP contribution >= 0.6 is 0 Å². The molecule has 0 amide bonds. The molecule has 1 heteroatoms. The van der Waals surface area contributed by atoms with Gasteiger partial charge in [0.15, 0.2) is 0 Å². The van der Waals surface area contributed by atoms with E-state index >= 15 is 0 Å². The molecule has 0 aliphatic carbocycles. The summed E-state index contributed by atoms with van der Waals surface area (Å²) < 4.78 is 5.57. The van der Waals surface area contributed by atoms with Crippen LogP contribution in [0.3, 0.4) is 0 Å². The van der Waals surface area contributed by atoms with E-state index in [2.05, 4.69) is 27.4 Å². The molecule has 0 radical (unpaired) electrons.